The molecule has 0 aliphatic carbocycles. The fourth-order valence-electron chi connectivity index (χ4n) is 0.497. The predicted octanol–water partition coefficient (Wildman–Crippen LogP) is 3.06. The molecule has 0 spiro atoms. The number of halogens is 4. The Hall–Kier alpha value is -0.450. The Balaban J connectivity index is 3.05. The van der Waals surface area contributed by atoms with Gasteiger partial charge in [-0.25, -0.2) is 0 Å². The Labute approximate surface area is 63.0 Å². The third kappa shape index (κ3) is 1.34. The molecule has 0 saturated carbocycles. The van der Waals surface area contributed by atoms with Crippen molar-refractivity contribution in [1.29, 1.82) is 0 Å². The zero-order chi connectivity index (χ0) is 7.78. The molecule has 10 heavy (non-hydrogen) atoms. The van der Waals surface area contributed by atoms with Gasteiger partial charge in [0.15, 0.2) is 4.67 Å². The lowest BCUT2D eigenvalue weighted by molar-refractivity contribution is -0.138. The molecule has 0 atom stereocenters. The van der Waals surface area contributed by atoms with E-state index in [0.29, 0.717) is 0 Å². The Morgan fingerprint density at radius 1 is 1.40 bits per heavy atom. The monoisotopic (exact) mass is 214 g/mol. The summed E-state index contributed by atoms with van der Waals surface area (Å²) in [6.45, 7) is 0. The van der Waals surface area contributed by atoms with Gasteiger partial charge in [0.1, 0.15) is 5.56 Å². The van der Waals surface area contributed by atoms with Crippen LogP contribution in [0.1, 0.15) is 5.56 Å². The number of hydrogen-bond acceptors (Lipinski definition) is 1. The number of hydrogen-bond donors (Lipinski definition) is 0. The van der Waals surface area contributed by atoms with E-state index in [-0.39, 0.29) is 4.67 Å². The average molecular weight is 215 g/mol. The molecule has 0 aliphatic heterocycles. The van der Waals surface area contributed by atoms with E-state index in [1.807, 2.05) is 0 Å². The summed E-state index contributed by atoms with van der Waals surface area (Å²) in [4.78, 5) is 0. The normalized spacial score (nSPS) is 12.0. The molecule has 0 N–H and O–H groups in total. The molecule has 0 saturated heterocycles. The van der Waals surface area contributed by atoms with E-state index in [4.69, 9.17) is 0 Å². The van der Waals surface area contributed by atoms with Crippen molar-refractivity contribution < 1.29 is 17.6 Å². The number of rotatable bonds is 0. The Kier molecular flexibility index (Phi) is 1.76. The molecule has 0 unspecified atom stereocenters. The standard InChI is InChI=1S/C5H2BrF3O/c6-4-3(1-2-10-4)5(7,8)9/h1-2H. The van der Waals surface area contributed by atoms with Crippen molar-refractivity contribution in [3.05, 3.63) is 22.6 Å². The zero-order valence-corrected chi connectivity index (χ0v) is 6.16. The van der Waals surface area contributed by atoms with E-state index in [9.17, 15) is 13.2 Å². The highest BCUT2D eigenvalue weighted by molar-refractivity contribution is 9.10. The van der Waals surface area contributed by atoms with Gasteiger partial charge in [0.05, 0.1) is 6.26 Å². The SMILES string of the molecule is FC(F)(F)c1ccoc1Br. The lowest BCUT2D eigenvalue weighted by atomic mass is 10.3. The van der Waals surface area contributed by atoms with Gasteiger partial charge >= 0.3 is 6.18 Å². The van der Waals surface area contributed by atoms with Crippen molar-refractivity contribution in [2.75, 3.05) is 0 Å². The summed E-state index contributed by atoms with van der Waals surface area (Å²) in [7, 11) is 0. The highest BCUT2D eigenvalue weighted by Crippen LogP contribution is 2.34. The Morgan fingerprint density at radius 2 is 2.00 bits per heavy atom. The van der Waals surface area contributed by atoms with Crippen molar-refractivity contribution in [2.24, 2.45) is 0 Å². The van der Waals surface area contributed by atoms with E-state index in [1.54, 1.807) is 0 Å². The summed E-state index contributed by atoms with van der Waals surface area (Å²) in [6.07, 6.45) is -3.35. The molecule has 1 aromatic heterocycles. The van der Waals surface area contributed by atoms with Gasteiger partial charge in [-0.15, -0.1) is 0 Å². The van der Waals surface area contributed by atoms with Crippen LogP contribution in [0.5, 0.6) is 0 Å². The molecular formula is C5H2BrF3O. The molecule has 0 bridgehead atoms. The molecule has 56 valence electrons. The first kappa shape index (κ1) is 7.65. The minimum atomic E-state index is -4.33. The van der Waals surface area contributed by atoms with Crippen LogP contribution in [0.4, 0.5) is 13.2 Å². The van der Waals surface area contributed by atoms with Crippen molar-refractivity contribution in [2.45, 2.75) is 6.18 Å². The van der Waals surface area contributed by atoms with Crippen LogP contribution in [0.2, 0.25) is 0 Å². The topological polar surface area (TPSA) is 13.1 Å². The molecule has 5 heteroatoms. The molecule has 0 fully saturated rings. The molecule has 0 radical (unpaired) electrons. The lowest BCUT2D eigenvalue weighted by Crippen LogP contribution is -2.03. The zero-order valence-electron chi connectivity index (χ0n) is 4.57. The molecule has 1 nitrogen and oxygen atoms in total. The summed E-state index contributed by atoms with van der Waals surface area (Å²) in [5.74, 6) is 0. The highest BCUT2D eigenvalue weighted by atomic mass is 79.9. The third-order valence-corrected chi connectivity index (χ3v) is 1.54. The first-order chi connectivity index (χ1) is 4.52. The summed E-state index contributed by atoms with van der Waals surface area (Å²) in [5, 5.41) is 0. The second kappa shape index (κ2) is 2.30. The van der Waals surface area contributed by atoms with Crippen LogP contribution in [0.25, 0.3) is 0 Å². The van der Waals surface area contributed by atoms with Crippen molar-refractivity contribution in [3.63, 3.8) is 0 Å². The summed E-state index contributed by atoms with van der Waals surface area (Å²) in [6, 6.07) is 0.865. The molecule has 1 heterocycles. The molecule has 0 amide bonds. The van der Waals surface area contributed by atoms with E-state index < -0.39 is 11.7 Å². The van der Waals surface area contributed by atoms with Crippen LogP contribution >= 0.6 is 15.9 Å². The number of furan rings is 1. The van der Waals surface area contributed by atoms with Gasteiger partial charge in [-0.05, 0) is 22.0 Å². The van der Waals surface area contributed by atoms with Crippen LogP contribution in [0, 0.1) is 0 Å². The second-order valence-electron chi connectivity index (χ2n) is 1.61. The van der Waals surface area contributed by atoms with Gasteiger partial charge in [-0.1, -0.05) is 0 Å². The van der Waals surface area contributed by atoms with Gasteiger partial charge in [-0.3, -0.25) is 0 Å². The Morgan fingerprint density at radius 3 is 2.20 bits per heavy atom. The van der Waals surface area contributed by atoms with E-state index in [0.717, 1.165) is 12.3 Å². The maximum Gasteiger partial charge on any atom is 0.420 e. The van der Waals surface area contributed by atoms with Gasteiger partial charge < -0.3 is 4.42 Å². The quantitative estimate of drug-likeness (QED) is 0.648. The summed E-state index contributed by atoms with van der Waals surface area (Å²) < 4.78 is 39.5. The van der Waals surface area contributed by atoms with Crippen molar-refractivity contribution >= 4 is 15.9 Å². The maximum absolute atomic E-state index is 11.8. The number of alkyl halides is 3. The van der Waals surface area contributed by atoms with E-state index in [2.05, 4.69) is 20.3 Å². The minimum absolute atomic E-state index is 0.278. The van der Waals surface area contributed by atoms with Crippen molar-refractivity contribution in [3.8, 4) is 0 Å². The second-order valence-corrected chi connectivity index (χ2v) is 2.33. The van der Waals surface area contributed by atoms with Crippen LogP contribution in [-0.4, -0.2) is 0 Å². The predicted molar refractivity (Wildman–Crippen MR) is 31.4 cm³/mol. The third-order valence-electron chi connectivity index (χ3n) is 0.923. The van der Waals surface area contributed by atoms with Crippen LogP contribution in [0.15, 0.2) is 21.4 Å². The van der Waals surface area contributed by atoms with Gasteiger partial charge in [0.2, 0.25) is 0 Å². The molecule has 0 aromatic carbocycles. The summed E-state index contributed by atoms with van der Waals surface area (Å²) in [5.41, 5.74) is -0.785. The van der Waals surface area contributed by atoms with Crippen molar-refractivity contribution in [1.82, 2.24) is 0 Å². The molecular weight excluding hydrogens is 213 g/mol. The average Bonchev–Trinajstić information content (AvgIpc) is 2.11. The summed E-state index contributed by atoms with van der Waals surface area (Å²) >= 11 is 2.62. The Bertz CT molecular complexity index is 227. The first-order valence-electron chi connectivity index (χ1n) is 2.32. The molecule has 1 aromatic rings. The molecule has 1 rings (SSSR count). The van der Waals surface area contributed by atoms with Gasteiger partial charge in [0, 0.05) is 0 Å². The van der Waals surface area contributed by atoms with Gasteiger partial charge in [-0.2, -0.15) is 13.2 Å². The largest absolute Gasteiger partial charge is 0.457 e. The lowest BCUT2D eigenvalue weighted by Gasteiger charge is -2.01. The van der Waals surface area contributed by atoms with Crippen LogP contribution < -0.4 is 0 Å². The minimum Gasteiger partial charge on any atom is -0.457 e. The van der Waals surface area contributed by atoms with E-state index in [1.165, 1.54) is 0 Å². The van der Waals surface area contributed by atoms with Crippen LogP contribution in [-0.2, 0) is 6.18 Å². The fourth-order valence-corrected chi connectivity index (χ4v) is 0.962. The van der Waals surface area contributed by atoms with Crippen LogP contribution in [0.3, 0.4) is 0 Å². The van der Waals surface area contributed by atoms with Gasteiger partial charge in [0.25, 0.3) is 0 Å². The fraction of sp³-hybridized carbons (Fsp3) is 0.200. The van der Waals surface area contributed by atoms with E-state index >= 15 is 0 Å². The first-order valence-corrected chi connectivity index (χ1v) is 3.11. The molecule has 0 aliphatic rings. The highest BCUT2D eigenvalue weighted by Gasteiger charge is 2.34. The maximum atomic E-state index is 11.8. The smallest absolute Gasteiger partial charge is 0.420 e.